The van der Waals surface area contributed by atoms with E-state index in [0.717, 1.165) is 77.8 Å². The lowest BCUT2D eigenvalue weighted by Crippen LogP contribution is -2.00. The van der Waals surface area contributed by atoms with Crippen LogP contribution in [0.15, 0.2) is 241 Å². The van der Waals surface area contributed by atoms with Crippen molar-refractivity contribution in [1.82, 2.24) is 24.1 Å². The fraction of sp³-hybridized carbons (Fsp3) is 0. The van der Waals surface area contributed by atoms with Crippen LogP contribution < -0.4 is 0 Å². The molecule has 0 aliphatic heterocycles. The van der Waals surface area contributed by atoms with Crippen molar-refractivity contribution in [1.29, 1.82) is 0 Å². The zero-order chi connectivity index (χ0) is 45.4. The molecule has 0 spiro atoms. The number of rotatable bonds is 7. The second-order valence-electron chi connectivity index (χ2n) is 17.6. The van der Waals surface area contributed by atoms with Crippen LogP contribution in [0.3, 0.4) is 0 Å². The first-order valence-corrected chi connectivity index (χ1v) is 23.3. The summed E-state index contributed by atoms with van der Waals surface area (Å²) in [5.41, 5.74) is 15.8. The van der Waals surface area contributed by atoms with Gasteiger partial charge in [-0.05, 0) is 101 Å². The third kappa shape index (κ3) is 6.38. The Labute approximate surface area is 396 Å². The van der Waals surface area contributed by atoms with Crippen LogP contribution >= 0.6 is 0 Å². The molecule has 0 amide bonds. The van der Waals surface area contributed by atoms with Crippen LogP contribution in [0.25, 0.3) is 133 Å². The topological polar surface area (TPSA) is 61.7 Å². The number of hydrogen-bond donors (Lipinski definition) is 0. The molecule has 322 valence electrons. The molecule has 0 N–H and O–H groups in total. The maximum atomic E-state index is 6.60. The molecule has 0 saturated heterocycles. The zero-order valence-electron chi connectivity index (χ0n) is 37.2. The predicted octanol–water partition coefficient (Wildman–Crippen LogP) is 16.3. The largest absolute Gasteiger partial charge is 0.456 e. The fourth-order valence-electron chi connectivity index (χ4n) is 10.4. The van der Waals surface area contributed by atoms with Gasteiger partial charge in [-0.3, -0.25) is 0 Å². The van der Waals surface area contributed by atoms with Crippen molar-refractivity contribution in [2.45, 2.75) is 0 Å². The average molecular weight is 882 g/mol. The quantitative estimate of drug-likeness (QED) is 0.160. The van der Waals surface area contributed by atoms with Gasteiger partial charge >= 0.3 is 0 Å². The monoisotopic (exact) mass is 881 g/mol. The fourth-order valence-corrected chi connectivity index (χ4v) is 10.4. The van der Waals surface area contributed by atoms with Crippen molar-refractivity contribution in [2.24, 2.45) is 0 Å². The lowest BCUT2D eigenvalue weighted by atomic mass is 9.96. The molecule has 0 unspecified atom stereocenters. The van der Waals surface area contributed by atoms with E-state index in [1.807, 2.05) is 60.7 Å². The molecule has 0 radical (unpaired) electrons. The van der Waals surface area contributed by atoms with Gasteiger partial charge in [0.1, 0.15) is 11.2 Å². The molecule has 0 bridgehead atoms. The van der Waals surface area contributed by atoms with Gasteiger partial charge in [0.25, 0.3) is 0 Å². The van der Waals surface area contributed by atoms with Crippen LogP contribution in [0.4, 0.5) is 0 Å². The smallest absolute Gasteiger partial charge is 0.164 e. The first-order valence-electron chi connectivity index (χ1n) is 23.3. The SMILES string of the molecule is c1ccc(-c2nc(-c3ccccc3)nc(-c3cccc(-c4cccc5oc6ccc(-c7ccc8c(c7)c7cc9c(cc7n8-c7ccccc7)c7ccccc7n9-c7ccccc7)cc6c45)c3)n2)cc1. The van der Waals surface area contributed by atoms with Gasteiger partial charge in [-0.1, -0.05) is 158 Å². The molecule has 0 atom stereocenters. The average Bonchev–Trinajstić information content (AvgIpc) is 4.08. The molecule has 6 heteroatoms. The highest BCUT2D eigenvalue weighted by atomic mass is 16.3. The highest BCUT2D eigenvalue weighted by Gasteiger charge is 2.21. The Bertz CT molecular complexity index is 4230. The minimum atomic E-state index is 0.613. The summed E-state index contributed by atoms with van der Waals surface area (Å²) in [4.78, 5) is 15.0. The normalized spacial score (nSPS) is 11.8. The molecule has 14 rings (SSSR count). The Hall–Kier alpha value is -9.39. The van der Waals surface area contributed by atoms with E-state index in [1.165, 1.54) is 38.1 Å². The van der Waals surface area contributed by atoms with Gasteiger partial charge < -0.3 is 13.6 Å². The summed E-state index contributed by atoms with van der Waals surface area (Å²) < 4.78 is 11.4. The molecular formula is C63H39N5O. The number of aromatic nitrogens is 5. The van der Waals surface area contributed by atoms with Gasteiger partial charge in [0.15, 0.2) is 17.5 Å². The van der Waals surface area contributed by atoms with Crippen molar-refractivity contribution >= 4 is 65.6 Å². The molecule has 4 heterocycles. The zero-order valence-corrected chi connectivity index (χ0v) is 37.2. The summed E-state index contributed by atoms with van der Waals surface area (Å²) in [7, 11) is 0. The number of hydrogen-bond acceptors (Lipinski definition) is 4. The van der Waals surface area contributed by atoms with E-state index in [9.17, 15) is 0 Å². The van der Waals surface area contributed by atoms with Crippen LogP contribution in [-0.4, -0.2) is 24.1 Å². The summed E-state index contributed by atoms with van der Waals surface area (Å²) in [6, 6.07) is 83.4. The summed E-state index contributed by atoms with van der Waals surface area (Å²) >= 11 is 0. The molecule has 0 aliphatic carbocycles. The van der Waals surface area contributed by atoms with Gasteiger partial charge in [0.05, 0.1) is 22.1 Å². The van der Waals surface area contributed by atoms with Gasteiger partial charge in [-0.15, -0.1) is 0 Å². The maximum absolute atomic E-state index is 6.60. The van der Waals surface area contributed by atoms with E-state index in [4.69, 9.17) is 19.4 Å². The van der Waals surface area contributed by atoms with E-state index in [2.05, 4.69) is 185 Å². The number of furan rings is 1. The van der Waals surface area contributed by atoms with E-state index in [0.29, 0.717) is 17.5 Å². The second-order valence-corrected chi connectivity index (χ2v) is 17.6. The summed E-state index contributed by atoms with van der Waals surface area (Å²) in [5.74, 6) is 1.88. The van der Waals surface area contributed by atoms with Crippen LogP contribution in [0.2, 0.25) is 0 Å². The first-order chi connectivity index (χ1) is 34.2. The molecule has 4 aromatic heterocycles. The minimum absolute atomic E-state index is 0.613. The Kier molecular flexibility index (Phi) is 8.79. The van der Waals surface area contributed by atoms with Crippen LogP contribution in [0.1, 0.15) is 0 Å². The second kappa shape index (κ2) is 15.6. The Morgan fingerprint density at radius 1 is 0.275 bits per heavy atom. The van der Waals surface area contributed by atoms with Crippen LogP contribution in [-0.2, 0) is 0 Å². The summed E-state index contributed by atoms with van der Waals surface area (Å²) in [6.45, 7) is 0. The van der Waals surface area contributed by atoms with Gasteiger partial charge in [0.2, 0.25) is 0 Å². The molecule has 14 aromatic rings. The van der Waals surface area contributed by atoms with E-state index in [1.54, 1.807) is 0 Å². The Balaban J connectivity index is 0.929. The number of nitrogens with zero attached hydrogens (tertiary/aromatic N) is 5. The van der Waals surface area contributed by atoms with Gasteiger partial charge in [0, 0.05) is 60.4 Å². The highest BCUT2D eigenvalue weighted by Crippen LogP contribution is 2.43. The van der Waals surface area contributed by atoms with Crippen molar-refractivity contribution in [3.05, 3.63) is 237 Å². The summed E-state index contributed by atoms with van der Waals surface area (Å²) in [6.07, 6.45) is 0. The molecule has 0 saturated carbocycles. The number of para-hydroxylation sites is 3. The molecular weight excluding hydrogens is 843 g/mol. The van der Waals surface area contributed by atoms with Crippen molar-refractivity contribution in [3.8, 4) is 67.8 Å². The van der Waals surface area contributed by atoms with Gasteiger partial charge in [-0.25, -0.2) is 15.0 Å². The lowest BCUT2D eigenvalue weighted by Gasteiger charge is -2.10. The minimum Gasteiger partial charge on any atom is -0.456 e. The molecule has 10 aromatic carbocycles. The third-order valence-electron chi connectivity index (χ3n) is 13.5. The van der Waals surface area contributed by atoms with Crippen molar-refractivity contribution < 1.29 is 4.42 Å². The van der Waals surface area contributed by atoms with Crippen LogP contribution in [0.5, 0.6) is 0 Å². The number of benzene rings is 10. The molecule has 69 heavy (non-hydrogen) atoms. The van der Waals surface area contributed by atoms with E-state index >= 15 is 0 Å². The number of fused-ring (bicyclic) bond motifs is 9. The lowest BCUT2D eigenvalue weighted by molar-refractivity contribution is 0.669. The first kappa shape index (κ1) is 38.8. The maximum Gasteiger partial charge on any atom is 0.164 e. The Morgan fingerprint density at radius 2 is 0.754 bits per heavy atom. The molecule has 0 aliphatic rings. The predicted molar refractivity (Wildman–Crippen MR) is 283 cm³/mol. The molecule has 6 nitrogen and oxygen atoms in total. The standard InChI is InChI=1S/C63H39N5O/c1-5-17-40(18-6-1)61-64-62(41-19-7-2-8-20-41)66-63(65-61)45-22-15-21-44(35-45)48-28-16-30-59-60(48)53-37-43(32-34-58(53)69-59)42-31-33-55-50(36-42)52-39-56-51(38-57(52)68(55)47-25-11-4-12-26-47)49-27-13-14-29-54(49)67(56)46-23-9-3-10-24-46/h1-39H. The van der Waals surface area contributed by atoms with Crippen LogP contribution in [0, 0.1) is 0 Å². The third-order valence-corrected chi connectivity index (χ3v) is 13.5. The van der Waals surface area contributed by atoms with Gasteiger partial charge in [-0.2, -0.15) is 0 Å². The highest BCUT2D eigenvalue weighted by molar-refractivity contribution is 6.20. The van der Waals surface area contributed by atoms with Crippen molar-refractivity contribution in [2.75, 3.05) is 0 Å². The van der Waals surface area contributed by atoms with E-state index < -0.39 is 0 Å². The van der Waals surface area contributed by atoms with E-state index in [-0.39, 0.29) is 0 Å². The molecule has 0 fully saturated rings. The van der Waals surface area contributed by atoms with Crippen molar-refractivity contribution in [3.63, 3.8) is 0 Å². The summed E-state index contributed by atoms with van der Waals surface area (Å²) in [5, 5.41) is 6.97. The Morgan fingerprint density at radius 3 is 1.41 bits per heavy atom.